The van der Waals surface area contributed by atoms with Crippen LogP contribution in [0.3, 0.4) is 0 Å². The first-order chi connectivity index (χ1) is 14.1. The molecule has 0 aliphatic heterocycles. The van der Waals surface area contributed by atoms with E-state index in [1.54, 1.807) is 0 Å². The van der Waals surface area contributed by atoms with Crippen molar-refractivity contribution in [3.8, 4) is 0 Å². The fourth-order valence-corrected chi connectivity index (χ4v) is 7.32. The lowest BCUT2D eigenvalue weighted by Crippen LogP contribution is -2.27. The molecule has 0 amide bonds. The minimum atomic E-state index is 0.496. The number of halogens is 1. The predicted molar refractivity (Wildman–Crippen MR) is 122 cm³/mol. The summed E-state index contributed by atoms with van der Waals surface area (Å²) in [6, 6.07) is 6.36. The van der Waals surface area contributed by atoms with Crippen molar-refractivity contribution in [1.82, 2.24) is 9.97 Å². The van der Waals surface area contributed by atoms with Crippen LogP contribution in [0.5, 0.6) is 0 Å². The van der Waals surface area contributed by atoms with Crippen molar-refractivity contribution >= 4 is 38.6 Å². The summed E-state index contributed by atoms with van der Waals surface area (Å²) in [7, 11) is 0. The van der Waals surface area contributed by atoms with E-state index >= 15 is 0 Å². The Balaban J connectivity index is 1.26. The van der Waals surface area contributed by atoms with Crippen LogP contribution < -0.4 is 10.6 Å². The Bertz CT molecular complexity index is 926. The number of rotatable bonds is 6. The van der Waals surface area contributed by atoms with Gasteiger partial charge in [0, 0.05) is 22.9 Å². The molecule has 4 aliphatic carbocycles. The molecule has 4 fully saturated rings. The number of hydrogen-bond acceptors (Lipinski definition) is 4. The van der Waals surface area contributed by atoms with Crippen molar-refractivity contribution in [2.75, 3.05) is 23.7 Å². The monoisotopic (exact) mass is 454 g/mol. The van der Waals surface area contributed by atoms with Crippen molar-refractivity contribution in [2.24, 2.45) is 22.7 Å². The van der Waals surface area contributed by atoms with E-state index in [-0.39, 0.29) is 0 Å². The van der Waals surface area contributed by atoms with Gasteiger partial charge in [-0.3, -0.25) is 0 Å². The molecule has 0 unspecified atom stereocenters. The number of benzene rings is 1. The Morgan fingerprint density at radius 3 is 2.07 bits per heavy atom. The number of nitrogens with one attached hydrogen (secondary N) is 2. The molecule has 4 saturated carbocycles. The largest absolute Gasteiger partial charge is 0.369 e. The minimum Gasteiger partial charge on any atom is -0.369 e. The maximum atomic E-state index is 4.96. The molecule has 2 aromatic rings. The fourth-order valence-electron chi connectivity index (χ4n) is 6.97. The number of aromatic nitrogens is 2. The van der Waals surface area contributed by atoms with Gasteiger partial charge in [0.1, 0.15) is 5.82 Å². The first kappa shape index (κ1) is 18.4. The van der Waals surface area contributed by atoms with Gasteiger partial charge < -0.3 is 10.6 Å². The SMILES string of the molecule is Brc1ccc2c(NCC34CCC(CC3)C4)nc(NCC34CCC(CC3)C4)nc2c1. The van der Waals surface area contributed by atoms with Gasteiger partial charge in [-0.2, -0.15) is 4.98 Å². The summed E-state index contributed by atoms with van der Waals surface area (Å²) in [5.41, 5.74) is 2.02. The first-order valence-electron chi connectivity index (χ1n) is 11.6. The van der Waals surface area contributed by atoms with E-state index in [0.29, 0.717) is 10.8 Å². The summed E-state index contributed by atoms with van der Waals surface area (Å²) in [5, 5.41) is 8.53. The Morgan fingerprint density at radius 2 is 1.48 bits per heavy atom. The van der Waals surface area contributed by atoms with E-state index in [1.165, 1.54) is 64.2 Å². The standard InChI is InChI=1S/C24H31BrN4/c25-18-1-2-19-20(11-18)28-22(27-15-24-9-5-17(13-24)6-10-24)29-21(19)26-14-23-7-3-16(12-23)4-8-23/h1-2,11,16-17H,3-10,12-15H2,(H2,26,27,28,29). The lowest BCUT2D eigenvalue weighted by Gasteiger charge is -2.28. The second-order valence-electron chi connectivity index (χ2n) is 10.6. The average molecular weight is 455 g/mol. The van der Waals surface area contributed by atoms with Crippen molar-refractivity contribution in [1.29, 1.82) is 0 Å². The van der Waals surface area contributed by atoms with Gasteiger partial charge in [0.15, 0.2) is 0 Å². The zero-order valence-corrected chi connectivity index (χ0v) is 18.7. The molecular formula is C24H31BrN4. The lowest BCUT2D eigenvalue weighted by molar-refractivity contribution is 0.315. The van der Waals surface area contributed by atoms with Gasteiger partial charge in [0.2, 0.25) is 5.95 Å². The zero-order chi connectivity index (χ0) is 19.5. The van der Waals surface area contributed by atoms with E-state index in [9.17, 15) is 0 Å². The molecule has 29 heavy (non-hydrogen) atoms. The molecule has 4 bridgehead atoms. The summed E-state index contributed by atoms with van der Waals surface area (Å²) in [6.45, 7) is 2.07. The summed E-state index contributed by atoms with van der Waals surface area (Å²) >= 11 is 3.62. The molecule has 6 rings (SSSR count). The lowest BCUT2D eigenvalue weighted by atomic mass is 9.84. The molecular weight excluding hydrogens is 424 g/mol. The summed E-state index contributed by atoms with van der Waals surface area (Å²) in [4.78, 5) is 9.83. The topological polar surface area (TPSA) is 49.8 Å². The van der Waals surface area contributed by atoms with E-state index in [4.69, 9.17) is 9.97 Å². The summed E-state index contributed by atoms with van der Waals surface area (Å²) < 4.78 is 1.07. The molecule has 0 atom stereocenters. The molecule has 4 nitrogen and oxygen atoms in total. The highest BCUT2D eigenvalue weighted by atomic mass is 79.9. The first-order valence-corrected chi connectivity index (χ1v) is 12.3. The maximum Gasteiger partial charge on any atom is 0.225 e. The van der Waals surface area contributed by atoms with Crippen molar-refractivity contribution < 1.29 is 0 Å². The molecule has 1 aromatic carbocycles. The van der Waals surface area contributed by atoms with Crippen LogP contribution in [0.25, 0.3) is 10.9 Å². The highest BCUT2D eigenvalue weighted by molar-refractivity contribution is 9.10. The quantitative estimate of drug-likeness (QED) is 0.531. The summed E-state index contributed by atoms with van der Waals surface area (Å²) in [5.74, 6) is 3.75. The van der Waals surface area contributed by atoms with Gasteiger partial charge in [0.25, 0.3) is 0 Å². The van der Waals surface area contributed by atoms with E-state index < -0.39 is 0 Å². The van der Waals surface area contributed by atoms with Crippen LogP contribution in [0, 0.1) is 22.7 Å². The van der Waals surface area contributed by atoms with Crippen molar-refractivity contribution in [2.45, 2.75) is 64.2 Å². The Morgan fingerprint density at radius 1 is 0.862 bits per heavy atom. The smallest absolute Gasteiger partial charge is 0.225 e. The Kier molecular flexibility index (Phi) is 4.34. The Hall–Kier alpha value is -1.36. The molecule has 0 saturated heterocycles. The van der Waals surface area contributed by atoms with E-state index in [0.717, 1.165) is 52.1 Å². The third-order valence-electron chi connectivity index (χ3n) is 8.69. The van der Waals surface area contributed by atoms with Gasteiger partial charge >= 0.3 is 0 Å². The molecule has 1 heterocycles. The molecule has 1 aromatic heterocycles. The fraction of sp³-hybridized carbons (Fsp3) is 0.667. The van der Waals surface area contributed by atoms with Crippen molar-refractivity contribution in [3.05, 3.63) is 22.7 Å². The predicted octanol–water partition coefficient (Wildman–Crippen LogP) is 6.38. The van der Waals surface area contributed by atoms with E-state index in [1.807, 2.05) is 0 Å². The summed E-state index contributed by atoms with van der Waals surface area (Å²) in [6.07, 6.45) is 14.0. The van der Waals surface area contributed by atoms with Gasteiger partial charge in [-0.25, -0.2) is 4.98 Å². The van der Waals surface area contributed by atoms with Crippen molar-refractivity contribution in [3.63, 3.8) is 0 Å². The van der Waals surface area contributed by atoms with Crippen LogP contribution in [0.2, 0.25) is 0 Å². The third-order valence-corrected chi connectivity index (χ3v) is 9.18. The van der Waals surface area contributed by atoms with Crippen LogP contribution >= 0.6 is 15.9 Å². The maximum absolute atomic E-state index is 4.96. The van der Waals surface area contributed by atoms with Gasteiger partial charge in [-0.15, -0.1) is 0 Å². The second-order valence-corrected chi connectivity index (χ2v) is 11.5. The molecule has 5 heteroatoms. The molecule has 0 radical (unpaired) electrons. The molecule has 4 aliphatic rings. The Labute approximate surface area is 181 Å². The molecule has 2 N–H and O–H groups in total. The third kappa shape index (κ3) is 3.34. The van der Waals surface area contributed by atoms with Crippen LogP contribution in [0.15, 0.2) is 22.7 Å². The molecule has 154 valence electrons. The second kappa shape index (κ2) is 6.83. The normalized spacial score (nSPS) is 34.9. The number of anilines is 2. The number of fused-ring (bicyclic) bond motifs is 5. The van der Waals surface area contributed by atoms with Crippen LogP contribution in [0.1, 0.15) is 64.2 Å². The van der Waals surface area contributed by atoms with Crippen LogP contribution in [-0.2, 0) is 0 Å². The van der Waals surface area contributed by atoms with Gasteiger partial charge in [0.05, 0.1) is 5.52 Å². The number of nitrogens with zero attached hydrogens (tertiary/aromatic N) is 2. The molecule has 0 spiro atoms. The van der Waals surface area contributed by atoms with E-state index in [2.05, 4.69) is 44.8 Å². The highest BCUT2D eigenvalue weighted by Crippen LogP contribution is 2.55. The van der Waals surface area contributed by atoms with Crippen LogP contribution in [-0.4, -0.2) is 23.1 Å². The van der Waals surface area contributed by atoms with Gasteiger partial charge in [-0.05, 0) is 105 Å². The average Bonchev–Trinajstić information content (AvgIpc) is 3.51. The number of hydrogen-bond donors (Lipinski definition) is 2. The highest BCUT2D eigenvalue weighted by Gasteiger charge is 2.45. The zero-order valence-electron chi connectivity index (χ0n) is 17.1. The minimum absolute atomic E-state index is 0.496. The van der Waals surface area contributed by atoms with Gasteiger partial charge in [-0.1, -0.05) is 15.9 Å². The van der Waals surface area contributed by atoms with Crippen LogP contribution in [0.4, 0.5) is 11.8 Å².